The van der Waals surface area contributed by atoms with Gasteiger partial charge >= 0.3 is 0 Å². The van der Waals surface area contributed by atoms with Gasteiger partial charge in [0.15, 0.2) is 0 Å². The summed E-state index contributed by atoms with van der Waals surface area (Å²) in [5, 5.41) is 9.59. The molecule has 0 radical (unpaired) electrons. The van der Waals surface area contributed by atoms with Crippen molar-refractivity contribution >= 4 is 42.1 Å². The summed E-state index contributed by atoms with van der Waals surface area (Å²) in [7, 11) is 3.05. The number of rotatable bonds is 7. The van der Waals surface area contributed by atoms with Crippen molar-refractivity contribution in [3.8, 4) is 0 Å². The Hall–Kier alpha value is -2.06. The first-order chi connectivity index (χ1) is 16.3. The molecule has 0 spiro atoms. The maximum atomic E-state index is 14.1. The number of amides is 1. The van der Waals surface area contributed by atoms with Crippen molar-refractivity contribution in [3.63, 3.8) is 0 Å². The van der Waals surface area contributed by atoms with Crippen molar-refractivity contribution in [2.24, 2.45) is 5.92 Å². The molecule has 6 nitrogen and oxygen atoms in total. The highest BCUT2D eigenvalue weighted by Gasteiger charge is 2.36. The molecule has 2 fully saturated rings. The lowest BCUT2D eigenvalue weighted by Crippen LogP contribution is -2.31. The fourth-order valence-electron chi connectivity index (χ4n) is 3.48. The molecule has 0 aromatic heterocycles. The van der Waals surface area contributed by atoms with Crippen molar-refractivity contribution in [2.45, 2.75) is 38.1 Å². The van der Waals surface area contributed by atoms with Gasteiger partial charge in [0.1, 0.15) is 19.2 Å². The molecule has 9 heteroatoms. The fourth-order valence-corrected chi connectivity index (χ4v) is 3.75. The predicted molar refractivity (Wildman–Crippen MR) is 139 cm³/mol. The number of likely N-dealkylation sites (N-methyl/N-ethyl adjacent to an activating group) is 1. The number of carbonyl (C=O) groups is 2. The van der Waals surface area contributed by atoms with Gasteiger partial charge in [-0.25, -0.2) is 4.39 Å². The predicted octanol–water partition coefficient (Wildman–Crippen LogP) is 5.21. The van der Waals surface area contributed by atoms with E-state index in [1.807, 2.05) is 18.9 Å². The van der Waals surface area contributed by atoms with E-state index in [-0.39, 0.29) is 23.4 Å². The highest BCUT2D eigenvalue weighted by atomic mass is 35.5. The summed E-state index contributed by atoms with van der Waals surface area (Å²) in [5.41, 5.74) is 0.799. The fraction of sp³-hybridized carbons (Fsp3) is 0.480. The van der Waals surface area contributed by atoms with E-state index in [1.54, 1.807) is 19.2 Å². The molecular formula is C25H36Cl2FN3O3. The van der Waals surface area contributed by atoms with Gasteiger partial charge in [-0.2, -0.15) is 0 Å². The first kappa shape index (κ1) is 31.9. The molecule has 1 aromatic rings. The van der Waals surface area contributed by atoms with Crippen molar-refractivity contribution in [2.75, 3.05) is 33.9 Å². The van der Waals surface area contributed by atoms with Gasteiger partial charge < -0.3 is 20.3 Å². The zero-order valence-corrected chi connectivity index (χ0v) is 21.7. The number of nitrogens with zero attached hydrogens (tertiary/aromatic N) is 1. The molecule has 2 aliphatic rings. The summed E-state index contributed by atoms with van der Waals surface area (Å²) in [5.74, 6) is 0.879. The van der Waals surface area contributed by atoms with E-state index in [0.29, 0.717) is 17.0 Å². The smallest absolute Gasteiger partial charge is 0.245 e. The number of likely N-dealkylation sites (tertiary alicyclic amines) is 1. The second-order valence-corrected chi connectivity index (χ2v) is 8.60. The number of hydrogen-bond acceptors (Lipinski definition) is 5. The zero-order valence-electron chi connectivity index (χ0n) is 20.2. The summed E-state index contributed by atoms with van der Waals surface area (Å²) in [4.78, 5) is 20.7. The van der Waals surface area contributed by atoms with Crippen LogP contribution in [0.1, 0.15) is 37.7 Å². The van der Waals surface area contributed by atoms with Crippen LogP contribution in [-0.4, -0.2) is 63.7 Å². The second kappa shape index (κ2) is 18.3. The van der Waals surface area contributed by atoms with Crippen LogP contribution in [0.4, 0.5) is 4.39 Å². The van der Waals surface area contributed by atoms with Crippen LogP contribution >= 0.6 is 23.2 Å². The Bertz CT molecular complexity index is 804. The molecule has 190 valence electrons. The molecule has 1 amide bonds. The highest BCUT2D eigenvalue weighted by Crippen LogP contribution is 2.39. The average molecular weight is 516 g/mol. The number of benzene rings is 1. The third-order valence-corrected chi connectivity index (χ3v) is 5.95. The Labute approximate surface area is 212 Å². The summed E-state index contributed by atoms with van der Waals surface area (Å²) in [6, 6.07) is 5.81. The SMILES string of the molecule is C=C/C=C(/Cl)C=N.C=O.CC1C(c2cccc(Cl)c2F)CCN1CC1CC1.CNC(=O)COC. The highest BCUT2D eigenvalue weighted by molar-refractivity contribution is 6.39. The molecule has 2 atom stereocenters. The Morgan fingerprint density at radius 3 is 2.44 bits per heavy atom. The number of allylic oxidation sites excluding steroid dienone is 3. The Morgan fingerprint density at radius 1 is 1.35 bits per heavy atom. The van der Waals surface area contributed by atoms with Crippen LogP contribution < -0.4 is 5.32 Å². The molecule has 1 aliphatic heterocycles. The van der Waals surface area contributed by atoms with Gasteiger partial charge in [0.25, 0.3) is 0 Å². The van der Waals surface area contributed by atoms with E-state index in [9.17, 15) is 9.18 Å². The minimum Gasteiger partial charge on any atom is -0.375 e. The monoisotopic (exact) mass is 515 g/mol. The second-order valence-electron chi connectivity index (χ2n) is 7.75. The number of nitrogens with one attached hydrogen (secondary N) is 2. The summed E-state index contributed by atoms with van der Waals surface area (Å²) < 4.78 is 18.6. The van der Waals surface area contributed by atoms with Gasteiger partial charge in [-0.1, -0.05) is 48.0 Å². The Kier molecular flexibility index (Phi) is 17.2. The molecule has 3 rings (SSSR count). The van der Waals surface area contributed by atoms with Gasteiger partial charge in [0, 0.05) is 38.9 Å². The van der Waals surface area contributed by atoms with Crippen LogP contribution in [0.25, 0.3) is 0 Å². The first-order valence-electron chi connectivity index (χ1n) is 10.9. The lowest BCUT2D eigenvalue weighted by Gasteiger charge is -2.25. The lowest BCUT2D eigenvalue weighted by atomic mass is 9.92. The van der Waals surface area contributed by atoms with E-state index in [4.69, 9.17) is 33.4 Å². The molecule has 0 bridgehead atoms. The molecule has 1 saturated carbocycles. The quantitative estimate of drug-likeness (QED) is 0.385. The largest absolute Gasteiger partial charge is 0.375 e. The van der Waals surface area contributed by atoms with Crippen LogP contribution in [0.2, 0.25) is 5.02 Å². The molecule has 1 aromatic carbocycles. The van der Waals surface area contributed by atoms with Gasteiger partial charge in [-0.15, -0.1) is 0 Å². The van der Waals surface area contributed by atoms with Crippen molar-refractivity contribution in [3.05, 3.63) is 58.4 Å². The lowest BCUT2D eigenvalue weighted by molar-refractivity contribution is -0.124. The van der Waals surface area contributed by atoms with Crippen molar-refractivity contribution in [1.82, 2.24) is 10.2 Å². The van der Waals surface area contributed by atoms with Crippen molar-refractivity contribution in [1.29, 1.82) is 5.41 Å². The molecule has 2 N–H and O–H groups in total. The van der Waals surface area contributed by atoms with Gasteiger partial charge in [-0.3, -0.25) is 9.69 Å². The third kappa shape index (κ3) is 11.9. The Balaban J connectivity index is 0.000000569. The topological polar surface area (TPSA) is 82.5 Å². The normalized spacial score (nSPS) is 19.3. The standard InChI is InChI=1S/C15H19ClFN.C5H6ClN.C4H9NO2.CH2O/c1-10-12(7-8-18(10)9-11-5-6-11)13-3-2-4-14(16)15(13)17;1-2-3-5(6)4-7;1-5-4(6)3-7-2;1-2/h2-4,10-12H,5-9H2,1H3;2-4,7H,1H2;3H2,1-2H3,(H,5,6);1H2/b;5-3+,7-4?;;. The number of methoxy groups -OCH3 is 1. The third-order valence-electron chi connectivity index (χ3n) is 5.43. The van der Waals surface area contributed by atoms with E-state index in [0.717, 1.165) is 30.7 Å². The van der Waals surface area contributed by atoms with E-state index in [1.165, 1.54) is 32.6 Å². The molecule has 1 saturated heterocycles. The Morgan fingerprint density at radius 2 is 2.00 bits per heavy atom. The molecular weight excluding hydrogens is 480 g/mol. The van der Waals surface area contributed by atoms with Crippen LogP contribution in [-0.2, 0) is 14.3 Å². The van der Waals surface area contributed by atoms with E-state index in [2.05, 4.69) is 28.5 Å². The van der Waals surface area contributed by atoms with E-state index >= 15 is 0 Å². The average Bonchev–Trinajstić information content (AvgIpc) is 3.60. The van der Waals surface area contributed by atoms with Gasteiger partial charge in [-0.05, 0) is 56.4 Å². The first-order valence-corrected chi connectivity index (χ1v) is 11.7. The minimum absolute atomic E-state index is 0.0949. The van der Waals surface area contributed by atoms with Crippen LogP contribution in [0.5, 0.6) is 0 Å². The van der Waals surface area contributed by atoms with Crippen LogP contribution in [0.15, 0.2) is 42.0 Å². The summed E-state index contributed by atoms with van der Waals surface area (Å²) >= 11 is 11.2. The van der Waals surface area contributed by atoms with Gasteiger partial charge in [0.05, 0.1) is 10.1 Å². The van der Waals surface area contributed by atoms with Crippen molar-refractivity contribution < 1.29 is 18.7 Å². The van der Waals surface area contributed by atoms with E-state index < -0.39 is 0 Å². The number of hydrogen-bond donors (Lipinski definition) is 2. The zero-order chi connectivity index (χ0) is 26.1. The van der Waals surface area contributed by atoms with Crippen LogP contribution in [0, 0.1) is 17.1 Å². The number of ether oxygens (including phenoxy) is 1. The summed E-state index contributed by atoms with van der Waals surface area (Å²) in [6.07, 6.45) is 7.94. The molecule has 2 unspecified atom stereocenters. The maximum Gasteiger partial charge on any atom is 0.245 e. The van der Waals surface area contributed by atoms with Gasteiger partial charge in [0.2, 0.25) is 5.91 Å². The molecule has 1 heterocycles. The van der Waals surface area contributed by atoms with Crippen LogP contribution in [0.3, 0.4) is 0 Å². The summed E-state index contributed by atoms with van der Waals surface area (Å²) in [6.45, 7) is 10.0. The number of halogens is 3. The maximum absolute atomic E-state index is 14.1. The molecule has 1 aliphatic carbocycles. The number of carbonyl (C=O) groups excluding carboxylic acids is 2. The minimum atomic E-state index is -0.218. The molecule has 34 heavy (non-hydrogen) atoms.